The Bertz CT molecular complexity index is 756. The fourth-order valence-electron chi connectivity index (χ4n) is 2.49. The van der Waals surface area contributed by atoms with E-state index in [-0.39, 0.29) is 12.5 Å². The molecule has 1 N–H and O–H groups in total. The number of nitrogens with zero attached hydrogens (tertiary/aromatic N) is 2. The molecule has 1 amide bonds. The molecule has 0 aliphatic rings. The number of ether oxygens (including phenoxy) is 1. The van der Waals surface area contributed by atoms with Gasteiger partial charge in [-0.3, -0.25) is 4.79 Å². The smallest absolute Gasteiger partial charge is 0.277 e. The van der Waals surface area contributed by atoms with Crippen LogP contribution in [0.15, 0.2) is 47.6 Å². The molecule has 2 rings (SSSR count). The number of hydrazone groups is 1. The Kier molecular flexibility index (Phi) is 7.48. The number of carbonyl (C=O) groups excluding carboxylic acids is 1. The molecule has 26 heavy (non-hydrogen) atoms. The number of amides is 1. The standard InChI is InChI=1S/C20H24ClN3O2/c1-4-24(5-2)18-9-6-16(7-10-18)13-22-23-20(25)14-26-19-11-8-17(21)12-15(19)3/h6-13H,4-5,14H2,1-3H3,(H,23,25). The van der Waals surface area contributed by atoms with Crippen LogP contribution in [0.2, 0.25) is 5.02 Å². The Morgan fingerprint density at radius 3 is 2.50 bits per heavy atom. The largest absolute Gasteiger partial charge is 0.483 e. The van der Waals surface area contributed by atoms with E-state index in [1.807, 2.05) is 31.2 Å². The van der Waals surface area contributed by atoms with E-state index in [2.05, 4.69) is 29.3 Å². The first-order valence-electron chi connectivity index (χ1n) is 8.59. The van der Waals surface area contributed by atoms with Gasteiger partial charge in [0.1, 0.15) is 5.75 Å². The molecule has 0 atom stereocenters. The van der Waals surface area contributed by atoms with Crippen molar-refractivity contribution in [1.82, 2.24) is 5.43 Å². The van der Waals surface area contributed by atoms with Crippen LogP contribution in [0.5, 0.6) is 5.75 Å². The number of rotatable bonds is 8. The van der Waals surface area contributed by atoms with Crippen molar-refractivity contribution in [2.24, 2.45) is 5.10 Å². The fraction of sp³-hybridized carbons (Fsp3) is 0.300. The van der Waals surface area contributed by atoms with Gasteiger partial charge in [0.15, 0.2) is 6.61 Å². The third kappa shape index (κ3) is 5.77. The summed E-state index contributed by atoms with van der Waals surface area (Å²) in [6.07, 6.45) is 1.61. The molecule has 2 aromatic carbocycles. The second-order valence-corrected chi connectivity index (χ2v) is 6.19. The summed E-state index contributed by atoms with van der Waals surface area (Å²) in [7, 11) is 0. The topological polar surface area (TPSA) is 53.9 Å². The molecule has 5 nitrogen and oxygen atoms in total. The Hall–Kier alpha value is -2.53. The van der Waals surface area contributed by atoms with Crippen molar-refractivity contribution in [1.29, 1.82) is 0 Å². The fourth-order valence-corrected chi connectivity index (χ4v) is 2.72. The highest BCUT2D eigenvalue weighted by atomic mass is 35.5. The van der Waals surface area contributed by atoms with Gasteiger partial charge in [-0.2, -0.15) is 5.10 Å². The van der Waals surface area contributed by atoms with Crippen molar-refractivity contribution in [2.75, 3.05) is 24.6 Å². The van der Waals surface area contributed by atoms with Crippen molar-refractivity contribution < 1.29 is 9.53 Å². The SMILES string of the molecule is CCN(CC)c1ccc(C=NNC(=O)COc2ccc(Cl)cc2C)cc1. The van der Waals surface area contributed by atoms with Crippen molar-refractivity contribution in [2.45, 2.75) is 20.8 Å². The minimum Gasteiger partial charge on any atom is -0.483 e. The minimum absolute atomic E-state index is 0.110. The van der Waals surface area contributed by atoms with E-state index >= 15 is 0 Å². The van der Waals surface area contributed by atoms with Gasteiger partial charge in [-0.1, -0.05) is 23.7 Å². The van der Waals surface area contributed by atoms with Gasteiger partial charge < -0.3 is 9.64 Å². The normalized spacial score (nSPS) is 10.8. The Balaban J connectivity index is 1.83. The molecular weight excluding hydrogens is 350 g/mol. The van der Waals surface area contributed by atoms with Crippen molar-refractivity contribution >= 4 is 29.4 Å². The summed E-state index contributed by atoms with van der Waals surface area (Å²) in [5, 5.41) is 4.60. The van der Waals surface area contributed by atoms with Crippen LogP contribution in [0.3, 0.4) is 0 Å². The Morgan fingerprint density at radius 2 is 1.88 bits per heavy atom. The maximum absolute atomic E-state index is 11.8. The summed E-state index contributed by atoms with van der Waals surface area (Å²) >= 11 is 5.89. The first-order valence-corrected chi connectivity index (χ1v) is 8.97. The van der Waals surface area contributed by atoms with Crippen LogP contribution < -0.4 is 15.1 Å². The van der Waals surface area contributed by atoms with E-state index in [0.717, 1.165) is 24.2 Å². The summed E-state index contributed by atoms with van der Waals surface area (Å²) in [6, 6.07) is 13.3. The molecule has 0 saturated heterocycles. The lowest BCUT2D eigenvalue weighted by atomic mass is 10.2. The highest BCUT2D eigenvalue weighted by Gasteiger charge is 2.05. The second-order valence-electron chi connectivity index (χ2n) is 5.76. The summed E-state index contributed by atoms with van der Waals surface area (Å²) in [6.45, 7) is 7.95. The average molecular weight is 374 g/mol. The van der Waals surface area contributed by atoms with Crippen LogP contribution >= 0.6 is 11.6 Å². The van der Waals surface area contributed by atoms with E-state index in [0.29, 0.717) is 10.8 Å². The van der Waals surface area contributed by atoms with E-state index in [9.17, 15) is 4.79 Å². The predicted octanol–water partition coefficient (Wildman–Crippen LogP) is 4.02. The number of carbonyl (C=O) groups is 1. The number of benzene rings is 2. The molecule has 0 saturated carbocycles. The number of halogens is 1. The lowest BCUT2D eigenvalue weighted by Gasteiger charge is -2.20. The molecule has 0 radical (unpaired) electrons. The van der Waals surface area contributed by atoms with Gasteiger partial charge in [-0.05, 0) is 62.2 Å². The number of anilines is 1. The first kappa shape index (κ1) is 19.8. The quantitative estimate of drug-likeness (QED) is 0.561. The summed E-state index contributed by atoms with van der Waals surface area (Å²) in [5.74, 6) is 0.302. The van der Waals surface area contributed by atoms with E-state index in [1.165, 1.54) is 5.69 Å². The molecule has 0 spiro atoms. The maximum atomic E-state index is 11.8. The number of hydrogen-bond donors (Lipinski definition) is 1. The van der Waals surface area contributed by atoms with Gasteiger partial charge in [0.05, 0.1) is 6.21 Å². The third-order valence-electron chi connectivity index (χ3n) is 3.92. The molecule has 0 aliphatic heterocycles. The van der Waals surface area contributed by atoms with Crippen LogP contribution in [-0.4, -0.2) is 31.8 Å². The molecule has 0 heterocycles. The monoisotopic (exact) mass is 373 g/mol. The Labute approximate surface area is 159 Å². The number of aryl methyl sites for hydroxylation is 1. The Morgan fingerprint density at radius 1 is 1.19 bits per heavy atom. The van der Waals surface area contributed by atoms with E-state index < -0.39 is 0 Å². The first-order chi connectivity index (χ1) is 12.5. The zero-order valence-corrected chi connectivity index (χ0v) is 16.1. The summed E-state index contributed by atoms with van der Waals surface area (Å²) < 4.78 is 5.47. The van der Waals surface area contributed by atoms with Crippen LogP contribution in [0.25, 0.3) is 0 Å². The molecule has 2 aromatic rings. The number of nitrogens with one attached hydrogen (secondary N) is 1. The highest BCUT2D eigenvalue weighted by Crippen LogP contribution is 2.21. The lowest BCUT2D eigenvalue weighted by Crippen LogP contribution is -2.24. The average Bonchev–Trinajstić information content (AvgIpc) is 2.63. The molecule has 0 unspecified atom stereocenters. The van der Waals surface area contributed by atoms with Gasteiger partial charge in [0, 0.05) is 23.8 Å². The van der Waals surface area contributed by atoms with Gasteiger partial charge >= 0.3 is 0 Å². The van der Waals surface area contributed by atoms with Crippen LogP contribution in [-0.2, 0) is 4.79 Å². The molecule has 0 aromatic heterocycles. The van der Waals surface area contributed by atoms with E-state index in [4.69, 9.17) is 16.3 Å². The van der Waals surface area contributed by atoms with Crippen molar-refractivity contribution in [3.8, 4) is 5.75 Å². The molecule has 0 bridgehead atoms. The summed E-state index contributed by atoms with van der Waals surface area (Å²) in [5.41, 5.74) is 5.42. The van der Waals surface area contributed by atoms with Gasteiger partial charge in [0.25, 0.3) is 5.91 Å². The lowest BCUT2D eigenvalue weighted by molar-refractivity contribution is -0.123. The van der Waals surface area contributed by atoms with Crippen molar-refractivity contribution in [3.05, 3.63) is 58.6 Å². The highest BCUT2D eigenvalue weighted by molar-refractivity contribution is 6.30. The molecule has 0 fully saturated rings. The van der Waals surface area contributed by atoms with Gasteiger partial charge in [-0.15, -0.1) is 0 Å². The number of hydrogen-bond acceptors (Lipinski definition) is 4. The molecule has 6 heteroatoms. The third-order valence-corrected chi connectivity index (χ3v) is 4.16. The molecule has 0 aliphatic carbocycles. The van der Waals surface area contributed by atoms with Crippen LogP contribution in [0, 0.1) is 6.92 Å². The van der Waals surface area contributed by atoms with Crippen LogP contribution in [0.4, 0.5) is 5.69 Å². The van der Waals surface area contributed by atoms with Crippen LogP contribution in [0.1, 0.15) is 25.0 Å². The predicted molar refractivity (Wildman–Crippen MR) is 107 cm³/mol. The molecule has 138 valence electrons. The maximum Gasteiger partial charge on any atom is 0.277 e. The summed E-state index contributed by atoms with van der Waals surface area (Å²) in [4.78, 5) is 14.1. The van der Waals surface area contributed by atoms with Gasteiger partial charge in [0.2, 0.25) is 0 Å². The zero-order valence-electron chi connectivity index (χ0n) is 15.3. The second kappa shape index (κ2) is 9.82. The minimum atomic E-state index is -0.324. The zero-order chi connectivity index (χ0) is 18.9. The molecular formula is C20H24ClN3O2. The van der Waals surface area contributed by atoms with Crippen molar-refractivity contribution in [3.63, 3.8) is 0 Å². The van der Waals surface area contributed by atoms with Gasteiger partial charge in [-0.25, -0.2) is 5.43 Å². The van der Waals surface area contributed by atoms with E-state index in [1.54, 1.807) is 24.4 Å².